The van der Waals surface area contributed by atoms with Crippen molar-refractivity contribution in [1.82, 2.24) is 9.38 Å². The van der Waals surface area contributed by atoms with Crippen molar-refractivity contribution in [3.63, 3.8) is 0 Å². The van der Waals surface area contributed by atoms with Crippen molar-refractivity contribution in [2.45, 2.75) is 5.03 Å². The standard InChI is InChI=1S/C14H8ClN3OS2/c1-20-12-10(6-16)13(19)18-11(7-21-14(18)17-12)8-2-4-9(15)5-3-8/h2-5,7H,1H3. The number of nitrogens with zero attached hydrogens (tertiary/aromatic N) is 3. The van der Waals surface area contributed by atoms with Gasteiger partial charge in [-0.3, -0.25) is 4.79 Å². The van der Waals surface area contributed by atoms with Gasteiger partial charge in [0.25, 0.3) is 5.56 Å². The second-order valence-electron chi connectivity index (χ2n) is 4.16. The van der Waals surface area contributed by atoms with Crippen LogP contribution in [-0.4, -0.2) is 15.6 Å². The summed E-state index contributed by atoms with van der Waals surface area (Å²) in [6.07, 6.45) is 1.80. The normalized spacial score (nSPS) is 10.7. The first-order valence-corrected chi connectivity index (χ1v) is 8.38. The molecule has 2 aromatic heterocycles. The highest BCUT2D eigenvalue weighted by Gasteiger charge is 2.16. The van der Waals surface area contributed by atoms with Gasteiger partial charge < -0.3 is 0 Å². The van der Waals surface area contributed by atoms with Gasteiger partial charge in [0.15, 0.2) is 4.96 Å². The van der Waals surface area contributed by atoms with Gasteiger partial charge in [-0.05, 0) is 24.0 Å². The molecule has 0 bridgehead atoms. The van der Waals surface area contributed by atoms with E-state index in [1.807, 2.05) is 23.6 Å². The molecule has 0 radical (unpaired) electrons. The Morgan fingerprint density at radius 2 is 2.10 bits per heavy atom. The highest BCUT2D eigenvalue weighted by atomic mass is 35.5. The number of fused-ring (bicyclic) bond motifs is 1. The number of thioether (sulfide) groups is 1. The minimum Gasteiger partial charge on any atom is -0.267 e. The molecule has 0 unspecified atom stereocenters. The molecule has 0 saturated heterocycles. The zero-order valence-electron chi connectivity index (χ0n) is 10.8. The Bertz CT molecular complexity index is 922. The molecule has 0 fully saturated rings. The second-order valence-corrected chi connectivity index (χ2v) is 6.23. The lowest BCUT2D eigenvalue weighted by atomic mass is 10.2. The number of halogens is 1. The van der Waals surface area contributed by atoms with E-state index in [1.54, 1.807) is 18.4 Å². The van der Waals surface area contributed by atoms with Crippen molar-refractivity contribution in [2.75, 3.05) is 6.26 Å². The van der Waals surface area contributed by atoms with Gasteiger partial charge in [-0.1, -0.05) is 23.7 Å². The molecule has 0 aliphatic carbocycles. The molecule has 3 rings (SSSR count). The lowest BCUT2D eigenvalue weighted by molar-refractivity contribution is 0.999. The van der Waals surface area contributed by atoms with Crippen LogP contribution in [0.3, 0.4) is 0 Å². The number of benzene rings is 1. The first kappa shape index (κ1) is 14.1. The summed E-state index contributed by atoms with van der Waals surface area (Å²) in [4.78, 5) is 17.5. The minimum atomic E-state index is -0.335. The van der Waals surface area contributed by atoms with Gasteiger partial charge in [0, 0.05) is 10.4 Å². The van der Waals surface area contributed by atoms with Crippen LogP contribution in [0.2, 0.25) is 5.02 Å². The summed E-state index contributed by atoms with van der Waals surface area (Å²) in [5, 5.41) is 12.1. The van der Waals surface area contributed by atoms with E-state index < -0.39 is 0 Å². The Morgan fingerprint density at radius 1 is 1.38 bits per heavy atom. The van der Waals surface area contributed by atoms with Crippen molar-refractivity contribution in [3.05, 3.63) is 50.6 Å². The highest BCUT2D eigenvalue weighted by Crippen LogP contribution is 2.27. The zero-order chi connectivity index (χ0) is 15.0. The molecule has 0 atom stereocenters. The predicted octanol–water partition coefficient (Wildman–Crippen LogP) is 3.67. The minimum absolute atomic E-state index is 0.0774. The van der Waals surface area contributed by atoms with E-state index in [1.165, 1.54) is 27.5 Å². The molecular weight excluding hydrogens is 326 g/mol. The summed E-state index contributed by atoms with van der Waals surface area (Å²) in [5.74, 6) is 0. The maximum Gasteiger partial charge on any atom is 0.278 e. The molecule has 2 heterocycles. The molecular formula is C14H8ClN3OS2. The molecule has 0 aliphatic rings. The maximum atomic E-state index is 12.5. The summed E-state index contributed by atoms with van der Waals surface area (Å²) in [6, 6.07) is 9.16. The number of thiazole rings is 1. The molecule has 0 N–H and O–H groups in total. The summed E-state index contributed by atoms with van der Waals surface area (Å²) in [6.45, 7) is 0. The fourth-order valence-corrected chi connectivity index (χ4v) is 3.58. The van der Waals surface area contributed by atoms with Gasteiger partial charge in [-0.25, -0.2) is 9.38 Å². The third-order valence-electron chi connectivity index (χ3n) is 2.98. The van der Waals surface area contributed by atoms with Crippen molar-refractivity contribution in [1.29, 1.82) is 5.26 Å². The molecule has 0 aliphatic heterocycles. The number of rotatable bonds is 2. The summed E-state index contributed by atoms with van der Waals surface area (Å²) in [7, 11) is 0. The van der Waals surface area contributed by atoms with Crippen molar-refractivity contribution in [2.24, 2.45) is 0 Å². The van der Waals surface area contributed by atoms with Gasteiger partial charge >= 0.3 is 0 Å². The Hall–Kier alpha value is -1.81. The van der Waals surface area contributed by atoms with E-state index in [4.69, 9.17) is 11.6 Å². The summed E-state index contributed by atoms with van der Waals surface area (Å²) >= 11 is 8.56. The smallest absolute Gasteiger partial charge is 0.267 e. The van der Waals surface area contributed by atoms with Crippen LogP contribution in [0.25, 0.3) is 16.2 Å². The zero-order valence-corrected chi connectivity index (χ0v) is 13.2. The van der Waals surface area contributed by atoms with E-state index in [-0.39, 0.29) is 11.1 Å². The molecule has 0 amide bonds. The molecule has 3 aromatic rings. The quantitative estimate of drug-likeness (QED) is 0.530. The van der Waals surface area contributed by atoms with Crippen LogP contribution in [-0.2, 0) is 0 Å². The van der Waals surface area contributed by atoms with Gasteiger partial charge in [0.1, 0.15) is 16.7 Å². The maximum absolute atomic E-state index is 12.5. The highest BCUT2D eigenvalue weighted by molar-refractivity contribution is 7.98. The van der Waals surface area contributed by atoms with E-state index in [2.05, 4.69) is 4.98 Å². The molecule has 4 nitrogen and oxygen atoms in total. The predicted molar refractivity (Wildman–Crippen MR) is 86.3 cm³/mol. The number of nitriles is 1. The molecule has 104 valence electrons. The third kappa shape index (κ3) is 2.33. The monoisotopic (exact) mass is 333 g/mol. The molecule has 0 spiro atoms. The van der Waals surface area contributed by atoms with Gasteiger partial charge in [0.05, 0.1) is 5.69 Å². The van der Waals surface area contributed by atoms with Gasteiger partial charge in [-0.15, -0.1) is 23.1 Å². The topological polar surface area (TPSA) is 58.2 Å². The van der Waals surface area contributed by atoms with Crippen LogP contribution in [0.4, 0.5) is 0 Å². The van der Waals surface area contributed by atoms with Gasteiger partial charge in [0.2, 0.25) is 0 Å². The Morgan fingerprint density at radius 3 is 2.71 bits per heavy atom. The van der Waals surface area contributed by atoms with Crippen LogP contribution >= 0.6 is 34.7 Å². The lowest BCUT2D eigenvalue weighted by Gasteiger charge is -2.04. The van der Waals surface area contributed by atoms with E-state index in [0.29, 0.717) is 20.7 Å². The van der Waals surface area contributed by atoms with Crippen LogP contribution < -0.4 is 5.56 Å². The summed E-state index contributed by atoms with van der Waals surface area (Å²) < 4.78 is 1.48. The van der Waals surface area contributed by atoms with Crippen LogP contribution in [0.1, 0.15) is 5.56 Å². The fourth-order valence-electron chi connectivity index (χ4n) is 2.00. The molecule has 7 heteroatoms. The fraction of sp³-hybridized carbons (Fsp3) is 0.0714. The Labute approximate surface area is 133 Å². The second kappa shape index (κ2) is 5.53. The van der Waals surface area contributed by atoms with E-state index >= 15 is 0 Å². The average Bonchev–Trinajstić information content (AvgIpc) is 2.92. The number of hydrogen-bond acceptors (Lipinski definition) is 5. The largest absolute Gasteiger partial charge is 0.278 e. The van der Waals surface area contributed by atoms with E-state index in [9.17, 15) is 10.1 Å². The molecule has 1 aromatic carbocycles. The average molecular weight is 334 g/mol. The van der Waals surface area contributed by atoms with E-state index in [0.717, 1.165) is 5.56 Å². The number of aromatic nitrogens is 2. The van der Waals surface area contributed by atoms with Crippen LogP contribution in [0.5, 0.6) is 0 Å². The molecule has 21 heavy (non-hydrogen) atoms. The van der Waals surface area contributed by atoms with Crippen molar-refractivity contribution in [3.8, 4) is 17.3 Å². The first-order chi connectivity index (χ1) is 10.2. The Kier molecular flexibility index (Phi) is 3.72. The lowest BCUT2D eigenvalue weighted by Crippen LogP contribution is -2.18. The Balaban J connectivity index is 2.35. The van der Waals surface area contributed by atoms with Crippen LogP contribution in [0, 0.1) is 11.3 Å². The van der Waals surface area contributed by atoms with Crippen LogP contribution in [0.15, 0.2) is 39.5 Å². The van der Waals surface area contributed by atoms with Crippen molar-refractivity contribution >= 4 is 39.7 Å². The number of hydrogen-bond donors (Lipinski definition) is 0. The molecule has 0 saturated carbocycles. The van der Waals surface area contributed by atoms with Crippen molar-refractivity contribution < 1.29 is 0 Å². The first-order valence-electron chi connectivity index (χ1n) is 5.90. The SMILES string of the molecule is CSc1nc2scc(-c3ccc(Cl)cc3)n2c(=O)c1C#N. The third-order valence-corrected chi connectivity index (χ3v) is 4.74. The van der Waals surface area contributed by atoms with Gasteiger partial charge in [-0.2, -0.15) is 5.26 Å². The summed E-state index contributed by atoms with van der Waals surface area (Å²) in [5.41, 5.74) is 1.32.